The van der Waals surface area contributed by atoms with Gasteiger partial charge in [-0.1, -0.05) is 0 Å². The van der Waals surface area contributed by atoms with E-state index in [9.17, 15) is 9.59 Å². The van der Waals surface area contributed by atoms with Crippen molar-refractivity contribution in [1.82, 2.24) is 10.3 Å². The Morgan fingerprint density at radius 2 is 2.33 bits per heavy atom. The standard InChI is InChI=1S/C9H11N3O3/c1-15-7-4-11-3-2-6(7)9(14)12-5-8(10)13/h2-4H,5H2,1H3,(H2,10,13)(H,12,14). The summed E-state index contributed by atoms with van der Waals surface area (Å²) in [6, 6.07) is 1.50. The molecule has 0 fully saturated rings. The molecule has 0 unspecified atom stereocenters. The third-order valence-electron chi connectivity index (χ3n) is 1.67. The molecule has 0 aromatic carbocycles. The highest BCUT2D eigenvalue weighted by Gasteiger charge is 2.11. The average Bonchev–Trinajstić information content (AvgIpc) is 2.25. The topological polar surface area (TPSA) is 94.3 Å². The van der Waals surface area contributed by atoms with Gasteiger partial charge in [0.25, 0.3) is 5.91 Å². The van der Waals surface area contributed by atoms with Crippen LogP contribution in [0.15, 0.2) is 18.5 Å². The van der Waals surface area contributed by atoms with Gasteiger partial charge in [-0.15, -0.1) is 0 Å². The lowest BCUT2D eigenvalue weighted by Gasteiger charge is -2.06. The van der Waals surface area contributed by atoms with Crippen LogP contribution in [0, 0.1) is 0 Å². The number of amides is 2. The van der Waals surface area contributed by atoms with E-state index < -0.39 is 11.8 Å². The molecule has 0 saturated carbocycles. The fraction of sp³-hybridized carbons (Fsp3) is 0.222. The zero-order chi connectivity index (χ0) is 11.3. The van der Waals surface area contributed by atoms with Crippen LogP contribution in [0.3, 0.4) is 0 Å². The highest BCUT2D eigenvalue weighted by Crippen LogP contribution is 2.14. The first-order valence-electron chi connectivity index (χ1n) is 4.19. The van der Waals surface area contributed by atoms with Gasteiger partial charge in [0.2, 0.25) is 5.91 Å². The van der Waals surface area contributed by atoms with E-state index in [1.165, 1.54) is 25.6 Å². The second-order valence-electron chi connectivity index (χ2n) is 2.72. The zero-order valence-electron chi connectivity index (χ0n) is 8.19. The minimum atomic E-state index is -0.601. The summed E-state index contributed by atoms with van der Waals surface area (Å²) in [5.41, 5.74) is 5.21. The molecule has 3 N–H and O–H groups in total. The molecule has 0 aliphatic heterocycles. The summed E-state index contributed by atoms with van der Waals surface area (Å²) in [4.78, 5) is 25.8. The second-order valence-corrected chi connectivity index (χ2v) is 2.72. The number of methoxy groups -OCH3 is 1. The molecule has 80 valence electrons. The molecule has 0 aliphatic carbocycles. The third kappa shape index (κ3) is 2.94. The molecule has 0 saturated heterocycles. The predicted octanol–water partition coefficient (Wildman–Crippen LogP) is -0.695. The van der Waals surface area contributed by atoms with Crippen LogP contribution < -0.4 is 15.8 Å². The lowest BCUT2D eigenvalue weighted by Crippen LogP contribution is -2.33. The van der Waals surface area contributed by atoms with Crippen molar-refractivity contribution in [3.8, 4) is 5.75 Å². The van der Waals surface area contributed by atoms with Crippen molar-refractivity contribution in [3.63, 3.8) is 0 Å². The Kier molecular flexibility index (Phi) is 3.61. The molecule has 6 heteroatoms. The summed E-state index contributed by atoms with van der Waals surface area (Å²) < 4.78 is 4.93. The van der Waals surface area contributed by atoms with Gasteiger partial charge in [0.1, 0.15) is 5.75 Å². The molecular formula is C9H11N3O3. The van der Waals surface area contributed by atoms with E-state index in [2.05, 4.69) is 10.3 Å². The Balaban J connectivity index is 2.77. The maximum absolute atomic E-state index is 11.5. The first kappa shape index (κ1) is 11.0. The third-order valence-corrected chi connectivity index (χ3v) is 1.67. The first-order chi connectivity index (χ1) is 7.15. The molecule has 0 radical (unpaired) electrons. The SMILES string of the molecule is COc1cnccc1C(=O)NCC(N)=O. The Labute approximate surface area is 86.4 Å². The van der Waals surface area contributed by atoms with Crippen LogP contribution in [-0.2, 0) is 4.79 Å². The van der Waals surface area contributed by atoms with E-state index in [-0.39, 0.29) is 6.54 Å². The number of aromatic nitrogens is 1. The minimum absolute atomic E-state index is 0.204. The largest absolute Gasteiger partial charge is 0.494 e. The second kappa shape index (κ2) is 4.94. The average molecular weight is 209 g/mol. The summed E-state index contributed by atoms with van der Waals surface area (Å²) in [7, 11) is 1.43. The molecule has 0 aliphatic rings. The van der Waals surface area contributed by atoms with Crippen LogP contribution in [-0.4, -0.2) is 30.5 Å². The van der Waals surface area contributed by atoms with Gasteiger partial charge >= 0.3 is 0 Å². The van der Waals surface area contributed by atoms with Crippen molar-refractivity contribution in [2.45, 2.75) is 0 Å². The summed E-state index contributed by atoms with van der Waals surface area (Å²) in [6.45, 7) is -0.204. The highest BCUT2D eigenvalue weighted by molar-refractivity contribution is 5.98. The van der Waals surface area contributed by atoms with Crippen LogP contribution in [0.25, 0.3) is 0 Å². The smallest absolute Gasteiger partial charge is 0.255 e. The number of primary amides is 1. The van der Waals surface area contributed by atoms with Crippen LogP contribution in [0.5, 0.6) is 5.75 Å². The Hall–Kier alpha value is -2.11. The molecule has 1 rings (SSSR count). The van der Waals surface area contributed by atoms with Gasteiger partial charge in [-0.3, -0.25) is 14.6 Å². The predicted molar refractivity (Wildman–Crippen MR) is 52.3 cm³/mol. The van der Waals surface area contributed by atoms with Gasteiger partial charge in [0, 0.05) is 6.20 Å². The van der Waals surface area contributed by atoms with Gasteiger partial charge in [-0.25, -0.2) is 0 Å². The molecule has 1 aromatic rings. The van der Waals surface area contributed by atoms with E-state index in [1.54, 1.807) is 0 Å². The zero-order valence-corrected chi connectivity index (χ0v) is 8.19. The number of hydrogen-bond acceptors (Lipinski definition) is 4. The highest BCUT2D eigenvalue weighted by atomic mass is 16.5. The molecule has 0 bridgehead atoms. The number of pyridine rings is 1. The van der Waals surface area contributed by atoms with Crippen LogP contribution in [0.4, 0.5) is 0 Å². The summed E-state index contributed by atoms with van der Waals surface area (Å²) in [5, 5.41) is 2.35. The van der Waals surface area contributed by atoms with Crippen LogP contribution in [0.1, 0.15) is 10.4 Å². The number of carbonyl (C=O) groups excluding carboxylic acids is 2. The first-order valence-corrected chi connectivity index (χ1v) is 4.19. The van der Waals surface area contributed by atoms with Crippen molar-refractivity contribution in [2.24, 2.45) is 5.73 Å². The number of nitrogens with two attached hydrogens (primary N) is 1. The molecule has 6 nitrogen and oxygen atoms in total. The lowest BCUT2D eigenvalue weighted by molar-refractivity contribution is -0.117. The number of rotatable bonds is 4. The molecule has 0 spiro atoms. The maximum atomic E-state index is 11.5. The van der Waals surface area contributed by atoms with Crippen molar-refractivity contribution in [2.75, 3.05) is 13.7 Å². The molecule has 1 heterocycles. The number of hydrogen-bond donors (Lipinski definition) is 2. The maximum Gasteiger partial charge on any atom is 0.255 e. The Morgan fingerprint density at radius 3 is 2.93 bits per heavy atom. The van der Waals surface area contributed by atoms with E-state index in [0.717, 1.165) is 0 Å². The fourth-order valence-corrected chi connectivity index (χ4v) is 0.993. The summed E-state index contributed by atoms with van der Waals surface area (Å²) in [6.07, 6.45) is 2.88. The van der Waals surface area contributed by atoms with Gasteiger partial charge in [0.05, 0.1) is 25.4 Å². The van der Waals surface area contributed by atoms with Crippen molar-refractivity contribution in [3.05, 3.63) is 24.0 Å². The van der Waals surface area contributed by atoms with Gasteiger partial charge < -0.3 is 15.8 Å². The van der Waals surface area contributed by atoms with Crippen molar-refractivity contribution >= 4 is 11.8 Å². The normalized spacial score (nSPS) is 9.40. The molecule has 1 aromatic heterocycles. The van der Waals surface area contributed by atoms with Crippen molar-refractivity contribution < 1.29 is 14.3 Å². The van der Waals surface area contributed by atoms with E-state index in [4.69, 9.17) is 10.5 Å². The van der Waals surface area contributed by atoms with Gasteiger partial charge in [0.15, 0.2) is 0 Å². The molecular weight excluding hydrogens is 198 g/mol. The van der Waals surface area contributed by atoms with E-state index in [1.807, 2.05) is 0 Å². The van der Waals surface area contributed by atoms with Crippen LogP contribution in [0.2, 0.25) is 0 Å². The Bertz CT molecular complexity index is 379. The molecule has 0 atom stereocenters. The summed E-state index contributed by atoms with van der Waals surface area (Å²) >= 11 is 0. The van der Waals surface area contributed by atoms with E-state index in [0.29, 0.717) is 11.3 Å². The minimum Gasteiger partial charge on any atom is -0.494 e. The monoisotopic (exact) mass is 209 g/mol. The quantitative estimate of drug-likeness (QED) is 0.685. The fourth-order valence-electron chi connectivity index (χ4n) is 0.993. The van der Waals surface area contributed by atoms with Crippen molar-refractivity contribution in [1.29, 1.82) is 0 Å². The van der Waals surface area contributed by atoms with E-state index >= 15 is 0 Å². The van der Waals surface area contributed by atoms with Gasteiger partial charge in [-0.05, 0) is 6.07 Å². The number of ether oxygens (including phenoxy) is 1. The van der Waals surface area contributed by atoms with Crippen LogP contribution >= 0.6 is 0 Å². The van der Waals surface area contributed by atoms with Gasteiger partial charge in [-0.2, -0.15) is 0 Å². The lowest BCUT2D eigenvalue weighted by atomic mass is 10.2. The summed E-state index contributed by atoms with van der Waals surface area (Å²) in [5.74, 6) is -0.677. The number of carbonyl (C=O) groups is 2. The molecule has 2 amide bonds. The number of nitrogens with one attached hydrogen (secondary N) is 1. The Morgan fingerprint density at radius 1 is 1.60 bits per heavy atom. The number of nitrogens with zero attached hydrogens (tertiary/aromatic N) is 1. The molecule has 15 heavy (non-hydrogen) atoms.